The van der Waals surface area contributed by atoms with Crippen molar-refractivity contribution >= 4 is 11.7 Å². The summed E-state index contributed by atoms with van der Waals surface area (Å²) in [4.78, 5) is 14.4. The van der Waals surface area contributed by atoms with Crippen LogP contribution in [0.2, 0.25) is 0 Å². The molecule has 0 radical (unpaired) electrons. The summed E-state index contributed by atoms with van der Waals surface area (Å²) in [6.07, 6.45) is 3.55. The van der Waals surface area contributed by atoms with Crippen LogP contribution < -0.4 is 11.1 Å². The lowest BCUT2D eigenvalue weighted by atomic mass is 9.84. The van der Waals surface area contributed by atoms with Crippen LogP contribution in [0.25, 0.3) is 0 Å². The number of nitrogens with zero attached hydrogens (tertiary/aromatic N) is 4. The van der Waals surface area contributed by atoms with Crippen LogP contribution in [0, 0.1) is 23.1 Å². The Bertz CT molecular complexity index is 986. The first-order chi connectivity index (χ1) is 14.9. The number of aromatic nitrogens is 2. The van der Waals surface area contributed by atoms with E-state index in [0.29, 0.717) is 43.6 Å². The maximum absolute atomic E-state index is 14.0. The van der Waals surface area contributed by atoms with E-state index in [1.54, 1.807) is 23.0 Å². The first kappa shape index (κ1) is 21.4. The number of benzene rings is 1. The topological polar surface area (TPSA) is 120 Å². The van der Waals surface area contributed by atoms with Crippen molar-refractivity contribution in [2.24, 2.45) is 11.7 Å². The Labute approximate surface area is 180 Å². The van der Waals surface area contributed by atoms with Crippen LogP contribution in [-0.4, -0.2) is 38.8 Å². The van der Waals surface area contributed by atoms with Gasteiger partial charge in [0.25, 0.3) is 0 Å². The van der Waals surface area contributed by atoms with Gasteiger partial charge in [-0.2, -0.15) is 10.4 Å². The lowest BCUT2D eigenvalue weighted by Gasteiger charge is -2.40. The molecule has 2 heterocycles. The van der Waals surface area contributed by atoms with Crippen LogP contribution in [0.15, 0.2) is 30.5 Å². The SMILES string of the molecule is N#CCC1(n2cc(C(N)O)c(NC(=O)C3CC3)n2)CCN(Cc2ccccc2F)CC1. The minimum Gasteiger partial charge on any atom is -0.374 e. The van der Waals surface area contributed by atoms with Crippen molar-refractivity contribution in [1.29, 1.82) is 5.26 Å². The van der Waals surface area contributed by atoms with Crippen molar-refractivity contribution in [3.8, 4) is 6.07 Å². The smallest absolute Gasteiger partial charge is 0.228 e. The molecular weight excluding hydrogens is 399 g/mol. The molecule has 1 unspecified atom stereocenters. The van der Waals surface area contributed by atoms with E-state index in [-0.39, 0.29) is 29.9 Å². The number of likely N-dealkylation sites (tertiary alicyclic amines) is 1. The van der Waals surface area contributed by atoms with Gasteiger partial charge in [0.15, 0.2) is 5.82 Å². The van der Waals surface area contributed by atoms with Crippen LogP contribution in [0.1, 0.15) is 49.5 Å². The highest BCUT2D eigenvalue weighted by atomic mass is 19.1. The average molecular weight is 426 g/mol. The third kappa shape index (κ3) is 4.61. The van der Waals surface area contributed by atoms with Crippen LogP contribution in [0.3, 0.4) is 0 Å². The molecule has 4 N–H and O–H groups in total. The molecule has 8 nitrogen and oxygen atoms in total. The molecule has 1 atom stereocenters. The first-order valence-electron chi connectivity index (χ1n) is 10.6. The number of rotatable bonds is 7. The highest BCUT2D eigenvalue weighted by Gasteiger charge is 2.39. The summed E-state index contributed by atoms with van der Waals surface area (Å²) in [5.74, 6) is -0.108. The molecule has 9 heteroatoms. The van der Waals surface area contributed by atoms with Gasteiger partial charge in [0, 0.05) is 37.3 Å². The zero-order valence-electron chi connectivity index (χ0n) is 17.3. The molecule has 1 aromatic heterocycles. The minimum absolute atomic E-state index is 0.0115. The van der Waals surface area contributed by atoms with E-state index in [0.717, 1.165) is 12.8 Å². The van der Waals surface area contributed by atoms with E-state index in [1.807, 2.05) is 6.07 Å². The third-order valence-electron chi connectivity index (χ3n) is 6.28. The van der Waals surface area contributed by atoms with Crippen molar-refractivity contribution in [2.75, 3.05) is 18.4 Å². The Morgan fingerprint density at radius 3 is 2.71 bits per heavy atom. The molecule has 2 fully saturated rings. The number of nitrogens with one attached hydrogen (secondary N) is 1. The molecule has 1 aliphatic heterocycles. The van der Waals surface area contributed by atoms with Crippen molar-refractivity contribution < 1.29 is 14.3 Å². The predicted octanol–water partition coefficient (Wildman–Crippen LogP) is 2.23. The molecule has 2 aromatic rings. The second-order valence-corrected chi connectivity index (χ2v) is 8.51. The number of hydrogen-bond donors (Lipinski definition) is 3. The highest BCUT2D eigenvalue weighted by molar-refractivity contribution is 5.93. The number of aliphatic hydroxyl groups excluding tert-OH is 1. The fourth-order valence-corrected chi connectivity index (χ4v) is 4.14. The summed E-state index contributed by atoms with van der Waals surface area (Å²) in [5.41, 5.74) is 6.11. The Morgan fingerprint density at radius 2 is 2.10 bits per heavy atom. The number of aliphatic hydroxyl groups is 1. The standard InChI is InChI=1S/C22H27FN6O2/c23-18-4-2-1-3-16(18)13-28-11-8-22(7-10-24,9-12-28)29-14-17(19(25)30)20(27-29)26-21(31)15-5-6-15/h1-4,14-15,19,30H,5-9,11-13,25H2,(H,26,27,31). The van der Waals surface area contributed by atoms with Gasteiger partial charge in [-0.3, -0.25) is 14.4 Å². The lowest BCUT2D eigenvalue weighted by molar-refractivity contribution is -0.117. The Morgan fingerprint density at radius 1 is 1.39 bits per heavy atom. The summed E-state index contributed by atoms with van der Waals surface area (Å²) in [6, 6.07) is 8.99. The number of carbonyl (C=O) groups excluding carboxylic acids is 1. The molecular formula is C22H27FN6O2. The van der Waals surface area contributed by atoms with Gasteiger partial charge in [-0.25, -0.2) is 4.39 Å². The summed E-state index contributed by atoms with van der Waals surface area (Å²) >= 11 is 0. The molecule has 2 aliphatic rings. The van der Waals surface area contributed by atoms with Gasteiger partial charge in [0.2, 0.25) is 5.91 Å². The second kappa shape index (κ2) is 8.75. The van der Waals surface area contributed by atoms with E-state index in [2.05, 4.69) is 21.4 Å². The minimum atomic E-state index is -1.29. The number of nitrogens with two attached hydrogens (primary N) is 1. The van der Waals surface area contributed by atoms with Crippen LogP contribution in [0.5, 0.6) is 0 Å². The summed E-state index contributed by atoms with van der Waals surface area (Å²) in [5, 5.41) is 26.8. The van der Waals surface area contributed by atoms with E-state index >= 15 is 0 Å². The number of halogens is 1. The van der Waals surface area contributed by atoms with E-state index in [9.17, 15) is 19.6 Å². The number of nitriles is 1. The molecule has 164 valence electrons. The maximum atomic E-state index is 14.0. The maximum Gasteiger partial charge on any atom is 0.228 e. The van der Waals surface area contributed by atoms with Gasteiger partial charge in [-0.1, -0.05) is 18.2 Å². The van der Waals surface area contributed by atoms with Crippen molar-refractivity contribution in [3.05, 3.63) is 47.4 Å². The molecule has 0 spiro atoms. The molecule has 0 bridgehead atoms. The Kier molecular flexibility index (Phi) is 6.05. The zero-order chi connectivity index (χ0) is 22.0. The Balaban J connectivity index is 1.52. The summed E-state index contributed by atoms with van der Waals surface area (Å²) in [6.45, 7) is 1.84. The molecule has 1 aliphatic carbocycles. The molecule has 1 saturated carbocycles. The van der Waals surface area contributed by atoms with E-state index in [1.165, 1.54) is 6.07 Å². The van der Waals surface area contributed by atoms with Crippen molar-refractivity contribution in [1.82, 2.24) is 14.7 Å². The second-order valence-electron chi connectivity index (χ2n) is 8.51. The molecule has 4 rings (SSSR count). The number of carbonyl (C=O) groups is 1. The quantitative estimate of drug-likeness (QED) is 0.584. The monoisotopic (exact) mass is 426 g/mol. The van der Waals surface area contributed by atoms with Crippen LogP contribution >= 0.6 is 0 Å². The predicted molar refractivity (Wildman–Crippen MR) is 112 cm³/mol. The fourth-order valence-electron chi connectivity index (χ4n) is 4.14. The molecule has 1 saturated heterocycles. The van der Waals surface area contributed by atoms with E-state index < -0.39 is 11.8 Å². The lowest BCUT2D eigenvalue weighted by Crippen LogP contribution is -2.46. The van der Waals surface area contributed by atoms with Gasteiger partial charge < -0.3 is 16.2 Å². The van der Waals surface area contributed by atoms with Gasteiger partial charge >= 0.3 is 0 Å². The van der Waals surface area contributed by atoms with Crippen LogP contribution in [0.4, 0.5) is 10.2 Å². The number of anilines is 1. The summed E-state index contributed by atoms with van der Waals surface area (Å²) in [7, 11) is 0. The highest BCUT2D eigenvalue weighted by Crippen LogP contribution is 2.36. The molecule has 31 heavy (non-hydrogen) atoms. The van der Waals surface area contributed by atoms with Crippen molar-refractivity contribution in [3.63, 3.8) is 0 Å². The fraction of sp³-hybridized carbons (Fsp3) is 0.500. The Hall–Kier alpha value is -2.80. The number of hydrogen-bond acceptors (Lipinski definition) is 6. The van der Waals surface area contributed by atoms with Gasteiger partial charge in [0.1, 0.15) is 12.0 Å². The van der Waals surface area contributed by atoms with Crippen molar-refractivity contribution in [2.45, 2.75) is 50.4 Å². The van der Waals surface area contributed by atoms with Gasteiger partial charge in [-0.15, -0.1) is 0 Å². The molecule has 1 aromatic carbocycles. The third-order valence-corrected chi connectivity index (χ3v) is 6.28. The normalized spacial score (nSPS) is 19.5. The van der Waals surface area contributed by atoms with Crippen LogP contribution in [-0.2, 0) is 16.9 Å². The average Bonchev–Trinajstić information content (AvgIpc) is 3.51. The van der Waals surface area contributed by atoms with Gasteiger partial charge in [0.05, 0.1) is 23.6 Å². The van der Waals surface area contributed by atoms with Gasteiger partial charge in [-0.05, 0) is 31.7 Å². The largest absolute Gasteiger partial charge is 0.374 e. The summed E-state index contributed by atoms with van der Waals surface area (Å²) < 4.78 is 15.7. The zero-order valence-corrected chi connectivity index (χ0v) is 17.3. The number of piperidine rings is 1. The first-order valence-corrected chi connectivity index (χ1v) is 10.6. The number of amides is 1. The van der Waals surface area contributed by atoms with E-state index in [4.69, 9.17) is 5.73 Å². The molecule has 1 amide bonds.